The molecule has 0 N–H and O–H groups in total. The van der Waals surface area contributed by atoms with Crippen LogP contribution in [0.5, 0.6) is 0 Å². The maximum absolute atomic E-state index is 12.2. The molecule has 0 aliphatic carbocycles. The topological polar surface area (TPSA) is 29.5 Å². The molecule has 92 valence electrons. The fraction of sp³-hybridized carbons (Fsp3) is 0.500. The first-order valence-electron chi connectivity index (χ1n) is 6.10. The molecule has 0 aromatic heterocycles. The van der Waals surface area contributed by atoms with Crippen LogP contribution in [-0.4, -0.2) is 37.1 Å². The molecular formula is C14H19NO2. The van der Waals surface area contributed by atoms with Crippen molar-refractivity contribution in [2.45, 2.75) is 25.9 Å². The van der Waals surface area contributed by atoms with Crippen molar-refractivity contribution in [2.75, 3.05) is 20.2 Å². The molecule has 0 bridgehead atoms. The van der Waals surface area contributed by atoms with Gasteiger partial charge >= 0.3 is 0 Å². The molecule has 1 unspecified atom stereocenters. The van der Waals surface area contributed by atoms with Gasteiger partial charge in [0.25, 0.3) is 5.91 Å². The molecule has 1 aliphatic heterocycles. The van der Waals surface area contributed by atoms with Crippen molar-refractivity contribution in [3.63, 3.8) is 0 Å². The fourth-order valence-corrected chi connectivity index (χ4v) is 2.18. The van der Waals surface area contributed by atoms with Gasteiger partial charge in [-0.15, -0.1) is 0 Å². The largest absolute Gasteiger partial charge is 0.376 e. The van der Waals surface area contributed by atoms with E-state index in [9.17, 15) is 4.79 Å². The zero-order valence-corrected chi connectivity index (χ0v) is 10.5. The Balaban J connectivity index is 1.98. The van der Waals surface area contributed by atoms with E-state index in [-0.39, 0.29) is 12.0 Å². The number of amides is 1. The first kappa shape index (κ1) is 12.1. The summed E-state index contributed by atoms with van der Waals surface area (Å²) in [5, 5.41) is 0. The van der Waals surface area contributed by atoms with Crippen molar-refractivity contribution in [3.8, 4) is 0 Å². The molecular weight excluding hydrogens is 214 g/mol. The molecule has 17 heavy (non-hydrogen) atoms. The van der Waals surface area contributed by atoms with E-state index in [0.29, 0.717) is 6.54 Å². The maximum atomic E-state index is 12.2. The number of nitrogens with zero attached hydrogens (tertiary/aromatic N) is 1. The molecule has 0 spiro atoms. The Morgan fingerprint density at radius 3 is 3.00 bits per heavy atom. The number of carbonyl (C=O) groups is 1. The minimum atomic E-state index is 0.0733. The second-order valence-electron chi connectivity index (χ2n) is 4.69. The Morgan fingerprint density at radius 2 is 2.35 bits per heavy atom. The van der Waals surface area contributed by atoms with E-state index in [0.717, 1.165) is 30.6 Å². The van der Waals surface area contributed by atoms with Gasteiger partial charge in [-0.3, -0.25) is 4.79 Å². The van der Waals surface area contributed by atoms with Crippen LogP contribution in [0.25, 0.3) is 0 Å². The molecule has 0 saturated carbocycles. The Labute approximate surface area is 102 Å². The lowest BCUT2D eigenvalue weighted by molar-refractivity contribution is 0.0587. The van der Waals surface area contributed by atoms with Gasteiger partial charge in [0, 0.05) is 25.8 Å². The average Bonchev–Trinajstić information content (AvgIpc) is 2.80. The van der Waals surface area contributed by atoms with Gasteiger partial charge in [-0.2, -0.15) is 0 Å². The summed E-state index contributed by atoms with van der Waals surface area (Å²) in [5.74, 6) is 0.0733. The van der Waals surface area contributed by atoms with Crippen molar-refractivity contribution in [1.29, 1.82) is 0 Å². The van der Waals surface area contributed by atoms with Gasteiger partial charge in [0.2, 0.25) is 0 Å². The monoisotopic (exact) mass is 233 g/mol. The minimum Gasteiger partial charge on any atom is -0.376 e. The van der Waals surface area contributed by atoms with E-state index in [1.807, 2.05) is 38.2 Å². The number of ether oxygens (including phenoxy) is 1. The van der Waals surface area contributed by atoms with Crippen molar-refractivity contribution in [1.82, 2.24) is 4.90 Å². The quantitative estimate of drug-likeness (QED) is 0.801. The number of likely N-dealkylation sites (N-methyl/N-ethyl adjacent to an activating group) is 1. The summed E-state index contributed by atoms with van der Waals surface area (Å²) in [6.07, 6.45) is 2.39. The van der Waals surface area contributed by atoms with Crippen LogP contribution in [0.4, 0.5) is 0 Å². The molecule has 2 rings (SSSR count). The van der Waals surface area contributed by atoms with E-state index in [1.54, 1.807) is 4.90 Å². The average molecular weight is 233 g/mol. The van der Waals surface area contributed by atoms with Crippen molar-refractivity contribution >= 4 is 5.91 Å². The van der Waals surface area contributed by atoms with E-state index < -0.39 is 0 Å². The Hall–Kier alpha value is -1.35. The molecule has 1 aromatic rings. The van der Waals surface area contributed by atoms with E-state index >= 15 is 0 Å². The molecule has 1 aliphatic rings. The summed E-state index contributed by atoms with van der Waals surface area (Å²) in [7, 11) is 1.84. The summed E-state index contributed by atoms with van der Waals surface area (Å²) in [4.78, 5) is 13.9. The van der Waals surface area contributed by atoms with Crippen molar-refractivity contribution in [2.24, 2.45) is 0 Å². The Morgan fingerprint density at radius 1 is 1.53 bits per heavy atom. The highest BCUT2D eigenvalue weighted by Gasteiger charge is 2.20. The summed E-state index contributed by atoms with van der Waals surface area (Å²) < 4.78 is 5.54. The van der Waals surface area contributed by atoms with Crippen LogP contribution in [0.2, 0.25) is 0 Å². The van der Waals surface area contributed by atoms with Gasteiger partial charge < -0.3 is 9.64 Å². The Kier molecular flexibility index (Phi) is 3.79. The van der Waals surface area contributed by atoms with Gasteiger partial charge in [0.1, 0.15) is 0 Å². The number of hydrogen-bond donors (Lipinski definition) is 0. The number of benzene rings is 1. The highest BCUT2D eigenvalue weighted by atomic mass is 16.5. The normalized spacial score (nSPS) is 19.3. The lowest BCUT2D eigenvalue weighted by Crippen LogP contribution is -2.34. The second-order valence-corrected chi connectivity index (χ2v) is 4.69. The highest BCUT2D eigenvalue weighted by molar-refractivity contribution is 5.94. The second kappa shape index (κ2) is 5.32. The third kappa shape index (κ3) is 3.07. The van der Waals surface area contributed by atoms with Gasteiger partial charge in [-0.25, -0.2) is 0 Å². The molecule has 1 aromatic carbocycles. The predicted octanol–water partition coefficient (Wildman–Crippen LogP) is 2.25. The predicted molar refractivity (Wildman–Crippen MR) is 67.1 cm³/mol. The molecule has 1 saturated heterocycles. The number of aryl methyl sites for hydroxylation is 1. The summed E-state index contributed by atoms with van der Waals surface area (Å²) in [6.45, 7) is 3.51. The zero-order chi connectivity index (χ0) is 12.3. The standard InChI is InChI=1S/C14H19NO2/c1-11-5-3-6-12(9-11)14(16)15(2)10-13-7-4-8-17-13/h3,5-6,9,13H,4,7-8,10H2,1-2H3. The third-order valence-electron chi connectivity index (χ3n) is 3.11. The molecule has 0 radical (unpaired) electrons. The maximum Gasteiger partial charge on any atom is 0.253 e. The summed E-state index contributed by atoms with van der Waals surface area (Å²) in [6, 6.07) is 7.70. The van der Waals surface area contributed by atoms with Crippen LogP contribution in [-0.2, 0) is 4.74 Å². The van der Waals surface area contributed by atoms with Crippen LogP contribution in [0.3, 0.4) is 0 Å². The highest BCUT2D eigenvalue weighted by Crippen LogP contribution is 2.14. The van der Waals surface area contributed by atoms with Crippen LogP contribution in [0.1, 0.15) is 28.8 Å². The SMILES string of the molecule is Cc1cccc(C(=O)N(C)CC2CCCO2)c1. The zero-order valence-electron chi connectivity index (χ0n) is 10.5. The van der Waals surface area contributed by atoms with Crippen LogP contribution in [0, 0.1) is 6.92 Å². The minimum absolute atomic E-state index is 0.0733. The molecule has 1 atom stereocenters. The van der Waals surface area contributed by atoms with Gasteiger partial charge in [0.15, 0.2) is 0 Å². The van der Waals surface area contributed by atoms with Crippen LogP contribution in [0.15, 0.2) is 24.3 Å². The number of carbonyl (C=O) groups excluding carboxylic acids is 1. The lowest BCUT2D eigenvalue weighted by atomic mass is 10.1. The van der Waals surface area contributed by atoms with E-state index in [4.69, 9.17) is 4.74 Å². The first-order valence-corrected chi connectivity index (χ1v) is 6.10. The van der Waals surface area contributed by atoms with Gasteiger partial charge in [-0.05, 0) is 31.9 Å². The summed E-state index contributed by atoms with van der Waals surface area (Å²) in [5.41, 5.74) is 1.87. The lowest BCUT2D eigenvalue weighted by Gasteiger charge is -2.21. The van der Waals surface area contributed by atoms with Crippen molar-refractivity contribution in [3.05, 3.63) is 35.4 Å². The van der Waals surface area contributed by atoms with Gasteiger partial charge in [-0.1, -0.05) is 17.7 Å². The molecule has 3 heteroatoms. The van der Waals surface area contributed by atoms with Crippen LogP contribution < -0.4 is 0 Å². The number of hydrogen-bond acceptors (Lipinski definition) is 2. The molecule has 1 fully saturated rings. The van der Waals surface area contributed by atoms with Crippen molar-refractivity contribution < 1.29 is 9.53 Å². The Bertz CT molecular complexity index is 397. The summed E-state index contributed by atoms with van der Waals surface area (Å²) >= 11 is 0. The first-order chi connectivity index (χ1) is 8.16. The molecule has 1 amide bonds. The van der Waals surface area contributed by atoms with E-state index in [1.165, 1.54) is 0 Å². The number of rotatable bonds is 3. The molecule has 1 heterocycles. The van der Waals surface area contributed by atoms with E-state index in [2.05, 4.69) is 0 Å². The molecule has 3 nitrogen and oxygen atoms in total. The smallest absolute Gasteiger partial charge is 0.253 e. The van der Waals surface area contributed by atoms with Crippen LogP contribution >= 0.6 is 0 Å². The van der Waals surface area contributed by atoms with Gasteiger partial charge in [0.05, 0.1) is 6.10 Å². The fourth-order valence-electron chi connectivity index (χ4n) is 2.18. The third-order valence-corrected chi connectivity index (χ3v) is 3.11.